The maximum atomic E-state index is 6.88. The molecule has 5 aliphatic carbocycles. The molecule has 7 rings (SSSR count). The zero-order valence-corrected chi connectivity index (χ0v) is 20.1. The molecular weight excluding hydrogens is 416 g/mol. The molecule has 0 radical (unpaired) electrons. The summed E-state index contributed by atoms with van der Waals surface area (Å²) in [5.74, 6) is 4.59. The summed E-state index contributed by atoms with van der Waals surface area (Å²) in [5.41, 5.74) is 6.08. The normalized spacial score (nSPS) is 37.4. The molecule has 0 amide bonds. The van der Waals surface area contributed by atoms with E-state index in [4.69, 9.17) is 9.47 Å². The summed E-state index contributed by atoms with van der Waals surface area (Å²) >= 11 is 0. The fourth-order valence-electron chi connectivity index (χ4n) is 7.48. The summed E-state index contributed by atoms with van der Waals surface area (Å²) < 4.78 is 13.7. The Kier molecular flexibility index (Phi) is 5.29. The summed E-state index contributed by atoms with van der Waals surface area (Å²) in [4.78, 5) is 0. The second-order valence-electron chi connectivity index (χ2n) is 11.3. The van der Waals surface area contributed by atoms with E-state index in [0.717, 1.165) is 43.1 Å². The molecule has 0 aromatic rings. The van der Waals surface area contributed by atoms with Crippen molar-refractivity contribution < 1.29 is 9.47 Å². The number of fused-ring (bicyclic) bond motifs is 5. The van der Waals surface area contributed by atoms with Crippen molar-refractivity contribution in [3.05, 3.63) is 94.6 Å². The van der Waals surface area contributed by atoms with Crippen LogP contribution in [0.3, 0.4) is 0 Å². The van der Waals surface area contributed by atoms with Gasteiger partial charge in [0.2, 0.25) is 0 Å². The van der Waals surface area contributed by atoms with E-state index in [1.165, 1.54) is 49.7 Å². The first-order valence-corrected chi connectivity index (χ1v) is 13.7. The quantitative estimate of drug-likeness (QED) is 0.405. The lowest BCUT2D eigenvalue weighted by atomic mass is 9.74. The van der Waals surface area contributed by atoms with Crippen molar-refractivity contribution in [1.29, 1.82) is 0 Å². The van der Waals surface area contributed by atoms with E-state index in [9.17, 15) is 0 Å². The van der Waals surface area contributed by atoms with Gasteiger partial charge in [-0.05, 0) is 98.3 Å². The van der Waals surface area contributed by atoms with Crippen LogP contribution in [-0.2, 0) is 9.47 Å². The van der Waals surface area contributed by atoms with Crippen LogP contribution < -0.4 is 0 Å². The van der Waals surface area contributed by atoms with Crippen LogP contribution in [0.1, 0.15) is 64.2 Å². The van der Waals surface area contributed by atoms with Crippen LogP contribution in [0.15, 0.2) is 94.6 Å². The van der Waals surface area contributed by atoms with Gasteiger partial charge in [-0.2, -0.15) is 0 Å². The van der Waals surface area contributed by atoms with Gasteiger partial charge in [0.15, 0.2) is 11.5 Å². The third-order valence-electron chi connectivity index (χ3n) is 9.20. The van der Waals surface area contributed by atoms with Gasteiger partial charge in [0.05, 0.1) is 0 Å². The lowest BCUT2D eigenvalue weighted by Gasteiger charge is -2.30. The van der Waals surface area contributed by atoms with E-state index < -0.39 is 0 Å². The fraction of sp³-hybridized carbons (Fsp3) is 0.500. The van der Waals surface area contributed by atoms with Crippen molar-refractivity contribution in [2.45, 2.75) is 76.4 Å². The van der Waals surface area contributed by atoms with E-state index in [-0.39, 0.29) is 12.2 Å². The maximum absolute atomic E-state index is 6.88. The van der Waals surface area contributed by atoms with Crippen molar-refractivity contribution in [3.63, 3.8) is 0 Å². The summed E-state index contributed by atoms with van der Waals surface area (Å²) in [5, 5.41) is 0. The largest absolute Gasteiger partial charge is 0.482 e. The van der Waals surface area contributed by atoms with Crippen LogP contribution in [0, 0.1) is 23.7 Å². The Morgan fingerprint density at radius 3 is 2.53 bits per heavy atom. The molecule has 0 N–H and O–H groups in total. The molecule has 0 saturated carbocycles. The molecule has 2 aliphatic heterocycles. The van der Waals surface area contributed by atoms with Gasteiger partial charge in [0.25, 0.3) is 0 Å². The maximum Gasteiger partial charge on any atom is 0.162 e. The fourth-order valence-corrected chi connectivity index (χ4v) is 7.48. The molecule has 2 heterocycles. The highest BCUT2D eigenvalue weighted by molar-refractivity contribution is 5.49. The highest BCUT2D eigenvalue weighted by Gasteiger charge is 2.49. The van der Waals surface area contributed by atoms with E-state index >= 15 is 0 Å². The Labute approximate surface area is 204 Å². The van der Waals surface area contributed by atoms with E-state index in [1.807, 2.05) is 0 Å². The molecule has 0 aromatic heterocycles. The summed E-state index contributed by atoms with van der Waals surface area (Å²) in [7, 11) is 0. The number of allylic oxidation sites excluding steroid dienone is 9. The average Bonchev–Trinajstić information content (AvgIpc) is 3.45. The van der Waals surface area contributed by atoms with Crippen molar-refractivity contribution in [2.75, 3.05) is 0 Å². The van der Waals surface area contributed by atoms with E-state index in [2.05, 4.69) is 60.8 Å². The standard InChI is InChI=1S/C32H36O2/c1-3-9-21(10-4-1)19-23-13-7-15-25-27-17-18-28-26-16-8-14-24(20-22-11-5-2-6-12-22)30(26)34-32(28)31(27)33-29(23)25/h1-5,7,9,13-15,21-22,25-26,29-30H,6,8,10-12,16-20H2. The van der Waals surface area contributed by atoms with Crippen molar-refractivity contribution in [2.24, 2.45) is 23.7 Å². The predicted octanol–water partition coefficient (Wildman–Crippen LogP) is 7.80. The first kappa shape index (κ1) is 20.9. The van der Waals surface area contributed by atoms with Crippen LogP contribution in [-0.4, -0.2) is 12.2 Å². The third-order valence-corrected chi connectivity index (χ3v) is 9.20. The topological polar surface area (TPSA) is 18.5 Å². The molecule has 0 saturated heterocycles. The van der Waals surface area contributed by atoms with Gasteiger partial charge in [-0.15, -0.1) is 0 Å². The second kappa shape index (κ2) is 8.63. The van der Waals surface area contributed by atoms with Gasteiger partial charge < -0.3 is 9.47 Å². The van der Waals surface area contributed by atoms with Crippen LogP contribution in [0.5, 0.6) is 0 Å². The minimum Gasteiger partial charge on any atom is -0.482 e. The second-order valence-corrected chi connectivity index (χ2v) is 11.3. The zero-order chi connectivity index (χ0) is 22.5. The SMILES string of the molecule is C1=CCC(CC2=CC=CC3C4=C(OC23)C2=C(CC4)C3CCC=C(CC4CC=CCC4)C3O2)C=C1. The molecule has 0 spiro atoms. The summed E-state index contributed by atoms with van der Waals surface area (Å²) in [6.45, 7) is 0. The Bertz CT molecular complexity index is 1100. The van der Waals surface area contributed by atoms with Crippen molar-refractivity contribution >= 4 is 0 Å². The molecule has 0 fully saturated rings. The van der Waals surface area contributed by atoms with E-state index in [0.29, 0.717) is 17.8 Å². The highest BCUT2D eigenvalue weighted by Crippen LogP contribution is 2.54. The monoisotopic (exact) mass is 452 g/mol. The lowest BCUT2D eigenvalue weighted by Crippen LogP contribution is -2.26. The summed E-state index contributed by atoms with van der Waals surface area (Å²) in [6, 6.07) is 0. The van der Waals surface area contributed by atoms with Crippen LogP contribution >= 0.6 is 0 Å². The molecule has 2 nitrogen and oxygen atoms in total. The number of hydrogen-bond donors (Lipinski definition) is 0. The Balaban J connectivity index is 1.11. The van der Waals surface area contributed by atoms with Gasteiger partial charge in [0, 0.05) is 11.8 Å². The Morgan fingerprint density at radius 2 is 1.65 bits per heavy atom. The predicted molar refractivity (Wildman–Crippen MR) is 137 cm³/mol. The molecule has 6 atom stereocenters. The van der Waals surface area contributed by atoms with Gasteiger partial charge in [-0.1, -0.05) is 60.8 Å². The third kappa shape index (κ3) is 3.53. The molecular formula is C32H36O2. The van der Waals surface area contributed by atoms with E-state index in [1.54, 1.807) is 11.1 Å². The first-order chi connectivity index (χ1) is 16.8. The van der Waals surface area contributed by atoms with Crippen molar-refractivity contribution in [3.8, 4) is 0 Å². The number of hydrogen-bond acceptors (Lipinski definition) is 2. The van der Waals surface area contributed by atoms with Crippen LogP contribution in [0.4, 0.5) is 0 Å². The number of ether oxygens (including phenoxy) is 2. The van der Waals surface area contributed by atoms with Gasteiger partial charge in [0.1, 0.15) is 12.2 Å². The highest BCUT2D eigenvalue weighted by atomic mass is 16.5. The summed E-state index contributed by atoms with van der Waals surface area (Å²) in [6.07, 6.45) is 35.6. The molecule has 34 heavy (non-hydrogen) atoms. The van der Waals surface area contributed by atoms with Gasteiger partial charge in [-0.3, -0.25) is 0 Å². The smallest absolute Gasteiger partial charge is 0.162 e. The molecule has 0 bridgehead atoms. The van der Waals surface area contributed by atoms with Crippen LogP contribution in [0.25, 0.3) is 0 Å². The molecule has 176 valence electrons. The van der Waals surface area contributed by atoms with Gasteiger partial charge >= 0.3 is 0 Å². The molecule has 6 unspecified atom stereocenters. The minimum atomic E-state index is 0.163. The van der Waals surface area contributed by atoms with Crippen molar-refractivity contribution in [1.82, 2.24) is 0 Å². The Morgan fingerprint density at radius 1 is 0.735 bits per heavy atom. The Hall–Kier alpha value is -2.48. The lowest BCUT2D eigenvalue weighted by molar-refractivity contribution is 0.0931. The molecule has 7 aliphatic rings. The average molecular weight is 453 g/mol. The van der Waals surface area contributed by atoms with Crippen LogP contribution in [0.2, 0.25) is 0 Å². The first-order valence-electron chi connectivity index (χ1n) is 13.7. The number of rotatable bonds is 4. The molecule has 2 heteroatoms. The zero-order valence-electron chi connectivity index (χ0n) is 20.1. The molecule has 0 aromatic carbocycles. The minimum absolute atomic E-state index is 0.163. The van der Waals surface area contributed by atoms with Gasteiger partial charge in [-0.25, -0.2) is 0 Å².